The van der Waals surface area contributed by atoms with Crippen LogP contribution >= 0.6 is 0 Å². The molecule has 1 aromatic heterocycles. The van der Waals surface area contributed by atoms with Gasteiger partial charge in [-0.3, -0.25) is 14.7 Å². The second-order valence-electron chi connectivity index (χ2n) is 7.56. The van der Waals surface area contributed by atoms with Crippen LogP contribution in [-0.2, 0) is 0 Å². The number of aliphatic imine (C=N–C) groups is 1. The normalized spacial score (nSPS) is 17.6. The molecule has 7 nitrogen and oxygen atoms in total. The molecule has 1 aliphatic rings. The average Bonchev–Trinajstić information content (AvgIpc) is 3.32. The fourth-order valence-electron chi connectivity index (χ4n) is 3.61. The minimum atomic E-state index is -4.17. The number of carbonyl (C=O) groups is 1. The zero-order chi connectivity index (χ0) is 22.1. The molecule has 0 aliphatic carbocycles. The second-order valence-corrected chi connectivity index (χ2v) is 7.56. The summed E-state index contributed by atoms with van der Waals surface area (Å²) in [6, 6.07) is 1.74. The summed E-state index contributed by atoms with van der Waals surface area (Å²) < 4.78 is 43.2. The van der Waals surface area contributed by atoms with Crippen molar-refractivity contribution in [2.75, 3.05) is 52.9 Å². The third-order valence-electron chi connectivity index (χ3n) is 5.15. The van der Waals surface area contributed by atoms with E-state index in [1.165, 1.54) is 11.2 Å². The number of hydrogen-bond donors (Lipinski definition) is 2. The highest BCUT2D eigenvalue weighted by Gasteiger charge is 2.32. The van der Waals surface area contributed by atoms with Crippen molar-refractivity contribution in [3.8, 4) is 0 Å². The van der Waals surface area contributed by atoms with Crippen LogP contribution in [0.2, 0.25) is 0 Å². The lowest BCUT2D eigenvalue weighted by atomic mass is 10.1. The number of carbonyl (C=O) groups excluding carboxylic acids is 1. The molecule has 2 rings (SSSR count). The number of nitrogens with one attached hydrogen (secondary N) is 2. The molecule has 1 fully saturated rings. The molecule has 10 heteroatoms. The van der Waals surface area contributed by atoms with E-state index in [0.29, 0.717) is 44.9 Å². The number of aryl methyl sites for hydroxylation is 1. The molecule has 1 aromatic rings. The predicted octanol–water partition coefficient (Wildman–Crippen LogP) is 2.49. The molecule has 0 spiro atoms. The Balaban J connectivity index is 1.69. The number of rotatable bonds is 9. The van der Waals surface area contributed by atoms with E-state index in [2.05, 4.69) is 20.5 Å². The Kier molecular flexibility index (Phi) is 9.01. The smallest absolute Gasteiger partial charge is 0.401 e. The van der Waals surface area contributed by atoms with Crippen molar-refractivity contribution in [1.82, 2.24) is 20.4 Å². The van der Waals surface area contributed by atoms with Gasteiger partial charge in [-0.1, -0.05) is 6.92 Å². The third kappa shape index (κ3) is 7.55. The summed E-state index contributed by atoms with van der Waals surface area (Å²) in [5, 5.41) is 6.08. The summed E-state index contributed by atoms with van der Waals surface area (Å²) in [5.74, 6) is 1.02. The van der Waals surface area contributed by atoms with Crippen LogP contribution in [0.5, 0.6) is 0 Å². The van der Waals surface area contributed by atoms with Crippen molar-refractivity contribution in [1.29, 1.82) is 0 Å². The number of alkyl halides is 3. The van der Waals surface area contributed by atoms with E-state index >= 15 is 0 Å². The average molecular weight is 432 g/mol. The van der Waals surface area contributed by atoms with Gasteiger partial charge < -0.3 is 20.0 Å². The molecule has 1 unspecified atom stereocenters. The first kappa shape index (κ1) is 24.0. The van der Waals surface area contributed by atoms with E-state index < -0.39 is 12.7 Å². The van der Waals surface area contributed by atoms with Gasteiger partial charge in [-0.05, 0) is 38.3 Å². The van der Waals surface area contributed by atoms with Crippen molar-refractivity contribution in [3.63, 3.8) is 0 Å². The number of nitrogens with zero attached hydrogens (tertiary/aromatic N) is 3. The number of amides is 1. The Morgan fingerprint density at radius 3 is 2.70 bits per heavy atom. The third-order valence-corrected chi connectivity index (χ3v) is 5.15. The van der Waals surface area contributed by atoms with Crippen LogP contribution in [-0.4, -0.2) is 80.7 Å². The van der Waals surface area contributed by atoms with Crippen LogP contribution in [0.25, 0.3) is 0 Å². The van der Waals surface area contributed by atoms with Crippen LogP contribution in [0.3, 0.4) is 0 Å². The molecule has 1 atom stereocenters. The van der Waals surface area contributed by atoms with Crippen molar-refractivity contribution in [3.05, 3.63) is 23.7 Å². The van der Waals surface area contributed by atoms with Crippen molar-refractivity contribution < 1.29 is 22.4 Å². The second kappa shape index (κ2) is 11.2. The first-order valence-corrected chi connectivity index (χ1v) is 10.3. The van der Waals surface area contributed by atoms with Crippen molar-refractivity contribution >= 4 is 11.9 Å². The molecule has 170 valence electrons. The van der Waals surface area contributed by atoms with E-state index in [1.807, 2.05) is 6.92 Å². The molecule has 0 bridgehead atoms. The zero-order valence-electron chi connectivity index (χ0n) is 17.9. The number of likely N-dealkylation sites (tertiary alicyclic amines) is 1. The van der Waals surface area contributed by atoms with Gasteiger partial charge in [0.2, 0.25) is 0 Å². The van der Waals surface area contributed by atoms with Gasteiger partial charge in [0.1, 0.15) is 0 Å². The highest BCUT2D eigenvalue weighted by molar-refractivity contribution is 5.92. The first-order valence-electron chi connectivity index (χ1n) is 10.3. The molecule has 1 amide bonds. The predicted molar refractivity (Wildman–Crippen MR) is 110 cm³/mol. The maximum atomic E-state index is 12.7. The fourth-order valence-corrected chi connectivity index (χ4v) is 3.61. The van der Waals surface area contributed by atoms with Gasteiger partial charge in [-0.15, -0.1) is 0 Å². The molecule has 0 radical (unpaired) electrons. The molecule has 30 heavy (non-hydrogen) atoms. The van der Waals surface area contributed by atoms with Crippen molar-refractivity contribution in [2.24, 2.45) is 10.9 Å². The largest absolute Gasteiger partial charge is 0.459 e. The minimum absolute atomic E-state index is 0.182. The van der Waals surface area contributed by atoms with Crippen LogP contribution in [0, 0.1) is 12.8 Å². The fraction of sp³-hybridized carbons (Fsp3) is 0.700. The molecule has 1 saturated heterocycles. The quantitative estimate of drug-likeness (QED) is 0.357. The highest BCUT2D eigenvalue weighted by Crippen LogP contribution is 2.21. The monoisotopic (exact) mass is 431 g/mol. The van der Waals surface area contributed by atoms with E-state index in [1.54, 1.807) is 20.0 Å². The first-order chi connectivity index (χ1) is 14.2. The van der Waals surface area contributed by atoms with Gasteiger partial charge in [0, 0.05) is 45.3 Å². The number of furan rings is 1. The lowest BCUT2D eigenvalue weighted by molar-refractivity contribution is -0.146. The Labute approximate surface area is 175 Å². The lowest BCUT2D eigenvalue weighted by Crippen LogP contribution is -2.42. The van der Waals surface area contributed by atoms with Crippen LogP contribution in [0.1, 0.15) is 35.9 Å². The summed E-state index contributed by atoms with van der Waals surface area (Å²) >= 11 is 0. The summed E-state index contributed by atoms with van der Waals surface area (Å²) in [4.78, 5) is 19.8. The summed E-state index contributed by atoms with van der Waals surface area (Å²) in [7, 11) is 1.69. The molecule has 0 saturated carbocycles. The van der Waals surface area contributed by atoms with Crippen LogP contribution < -0.4 is 10.6 Å². The molecule has 2 N–H and O–H groups in total. The Morgan fingerprint density at radius 1 is 1.37 bits per heavy atom. The molecule has 1 aliphatic heterocycles. The van der Waals surface area contributed by atoms with E-state index in [4.69, 9.17) is 4.42 Å². The summed E-state index contributed by atoms with van der Waals surface area (Å²) in [6.07, 6.45) is -1.14. The standard InChI is InChI=1S/C20H32F3N5O2/c1-4-27(14-20(21,22)23)12-16-6-10-28(13-16)19(24-3)26-9-5-8-25-18(29)17-15(2)7-11-30-17/h7,11,16H,4-6,8-10,12-14H2,1-3H3,(H,24,26)(H,25,29). The maximum absolute atomic E-state index is 12.7. The van der Waals surface area contributed by atoms with Gasteiger partial charge >= 0.3 is 6.18 Å². The van der Waals surface area contributed by atoms with Gasteiger partial charge in [0.15, 0.2) is 11.7 Å². The lowest BCUT2D eigenvalue weighted by Gasteiger charge is -2.26. The Bertz CT molecular complexity index is 705. The topological polar surface area (TPSA) is 73.1 Å². The Hall–Kier alpha value is -2.23. The van der Waals surface area contributed by atoms with Gasteiger partial charge in [-0.2, -0.15) is 13.2 Å². The van der Waals surface area contributed by atoms with Crippen molar-refractivity contribution in [2.45, 2.75) is 32.9 Å². The van der Waals surface area contributed by atoms with E-state index in [0.717, 1.165) is 24.5 Å². The molecular weight excluding hydrogens is 399 g/mol. The SMILES string of the molecule is CCN(CC1CCN(C(=NC)NCCCNC(=O)c2occc2C)C1)CC(F)(F)F. The van der Waals surface area contributed by atoms with Crippen LogP contribution in [0.15, 0.2) is 21.7 Å². The molecule has 0 aromatic carbocycles. The van der Waals surface area contributed by atoms with E-state index in [-0.39, 0.29) is 11.8 Å². The van der Waals surface area contributed by atoms with Crippen LogP contribution in [0.4, 0.5) is 13.2 Å². The number of guanidine groups is 1. The number of hydrogen-bond acceptors (Lipinski definition) is 4. The van der Waals surface area contributed by atoms with Gasteiger partial charge in [0.05, 0.1) is 12.8 Å². The van der Waals surface area contributed by atoms with E-state index in [9.17, 15) is 18.0 Å². The van der Waals surface area contributed by atoms with Gasteiger partial charge in [0.25, 0.3) is 5.91 Å². The summed E-state index contributed by atoms with van der Waals surface area (Å²) in [5.41, 5.74) is 0.798. The molecule has 2 heterocycles. The zero-order valence-corrected chi connectivity index (χ0v) is 17.9. The number of halogens is 3. The maximum Gasteiger partial charge on any atom is 0.401 e. The summed E-state index contributed by atoms with van der Waals surface area (Å²) in [6.45, 7) is 6.09. The Morgan fingerprint density at radius 2 is 2.10 bits per heavy atom. The highest BCUT2D eigenvalue weighted by atomic mass is 19.4. The molecular formula is C20H32F3N5O2. The minimum Gasteiger partial charge on any atom is -0.459 e. The van der Waals surface area contributed by atoms with Gasteiger partial charge in [-0.25, -0.2) is 0 Å².